The average molecular weight is 1250 g/mol. The van der Waals surface area contributed by atoms with E-state index < -0.39 is 0 Å². The fourth-order valence-corrected chi connectivity index (χ4v) is 26.9. The zero-order valence-electron chi connectivity index (χ0n) is 33.7. The summed E-state index contributed by atoms with van der Waals surface area (Å²) >= 11 is 0. The Labute approximate surface area is 383 Å². The van der Waals surface area contributed by atoms with Crippen LogP contribution in [0, 0.1) is 0 Å². The van der Waals surface area contributed by atoms with Crippen LogP contribution in [0.4, 0.5) is 0 Å². The molecule has 52 heavy (non-hydrogen) atoms. The minimum Gasteiger partial charge on any atom is -0.110 e. The highest BCUT2D eigenvalue weighted by Crippen LogP contribution is 2.69. The highest BCUT2D eigenvalue weighted by molar-refractivity contribution is 8.63. The Bertz CT molecular complexity index is 465. The van der Waals surface area contributed by atoms with E-state index in [0.29, 0.717) is 51.1 Å². The van der Waals surface area contributed by atoms with Crippen molar-refractivity contribution in [2.24, 2.45) is 0 Å². The van der Waals surface area contributed by atoms with E-state index in [1.54, 1.807) is 0 Å². The molecule has 0 aromatic carbocycles. The average Bonchev–Trinajstić information content (AvgIpc) is 3.16. The smallest absolute Gasteiger partial charge is 0.0252 e. The van der Waals surface area contributed by atoms with Crippen LogP contribution in [0.5, 0.6) is 0 Å². The maximum absolute atomic E-state index is 2.94. The van der Waals surface area contributed by atoms with E-state index in [2.05, 4.69) is 173 Å². The van der Waals surface area contributed by atoms with E-state index in [9.17, 15) is 0 Å². The summed E-state index contributed by atoms with van der Waals surface area (Å²) in [7, 11) is 50.0. The van der Waals surface area contributed by atoms with Gasteiger partial charge in [-0.25, -0.2) is 0 Å². The molecule has 28 atom stereocenters. The first kappa shape index (κ1) is 78.2. The van der Waals surface area contributed by atoms with Crippen LogP contribution in [0.1, 0.15) is 113 Å². The molecule has 326 valence electrons. The third-order valence-corrected chi connectivity index (χ3v) is 79.9. The fraction of sp³-hybridized carbons (Fsp3) is 1.00. The third kappa shape index (κ3) is 92.3. The fourth-order valence-electron chi connectivity index (χ4n) is 2.40. The maximum atomic E-state index is 2.94. The van der Waals surface area contributed by atoms with Crippen molar-refractivity contribution in [2.45, 2.75) is 113 Å². The Balaban J connectivity index is -0.0000000910. The summed E-state index contributed by atoms with van der Waals surface area (Å²) in [5.41, 5.74) is 0. The van der Waals surface area contributed by atoms with E-state index in [1.807, 2.05) is 0 Å². The minimum atomic E-state index is 0.323. The predicted molar refractivity (Wildman–Crippen MR) is 363 cm³/mol. The molecule has 0 heterocycles. The Morgan fingerprint density at radius 1 is 0.250 bits per heavy atom. The summed E-state index contributed by atoms with van der Waals surface area (Å²) in [6.45, 7) is 15.7. The Morgan fingerprint density at radius 2 is 0.385 bits per heavy atom. The van der Waals surface area contributed by atoms with Gasteiger partial charge in [0.2, 0.25) is 0 Å². The summed E-state index contributed by atoms with van der Waals surface area (Å²) in [5.74, 6) is 0. The predicted octanol–water partition coefficient (Wildman–Crippen LogP) is 22.5. The van der Waals surface area contributed by atoms with Crippen molar-refractivity contribution in [3.8, 4) is 0 Å². The standard InChI is InChI=1S/3C4H14P4.4C3H12P4/c3*1-2-3-4-8(6)7-5;4*1-2-3-7(5)6-4/h3*7H,2-6H2,1H3;4*6H,2-5H2,1H3. The zero-order chi connectivity index (χ0) is 42.0. The van der Waals surface area contributed by atoms with Gasteiger partial charge in [-0.3, -0.25) is 0 Å². The summed E-state index contributed by atoms with van der Waals surface area (Å²) in [6.07, 6.45) is 23.7. The molecule has 0 rings (SSSR count). The molecule has 0 radical (unpaired) electrons. The van der Waals surface area contributed by atoms with Crippen LogP contribution in [0.15, 0.2) is 0 Å². The molecular weight excluding hydrogens is 1160 g/mol. The molecule has 28 unspecified atom stereocenters. The molecule has 0 aliphatic rings. The van der Waals surface area contributed by atoms with Gasteiger partial charge in [0.25, 0.3) is 0 Å². The molecule has 0 nitrogen and oxygen atoms in total. The van der Waals surface area contributed by atoms with Gasteiger partial charge >= 0.3 is 0 Å². The van der Waals surface area contributed by atoms with Crippen molar-refractivity contribution in [1.82, 2.24) is 0 Å². The van der Waals surface area contributed by atoms with Crippen LogP contribution in [0.2, 0.25) is 0 Å². The van der Waals surface area contributed by atoms with Crippen molar-refractivity contribution in [1.29, 1.82) is 0 Å². The molecule has 0 amide bonds. The molecule has 0 spiro atoms. The van der Waals surface area contributed by atoms with Gasteiger partial charge in [0.05, 0.1) is 0 Å². The van der Waals surface area contributed by atoms with Gasteiger partial charge < -0.3 is 0 Å². The number of hydrogen-bond acceptors (Lipinski definition) is 0. The van der Waals surface area contributed by atoms with Gasteiger partial charge in [0.1, 0.15) is 0 Å². The number of rotatable bonds is 24. The summed E-state index contributed by atoms with van der Waals surface area (Å²) in [6, 6.07) is 0. The highest BCUT2D eigenvalue weighted by atomic mass is 32.6. The van der Waals surface area contributed by atoms with E-state index >= 15 is 0 Å². The zero-order valence-corrected chi connectivity index (χ0v) is 63.2. The van der Waals surface area contributed by atoms with E-state index in [4.69, 9.17) is 0 Å². The first-order valence-electron chi connectivity index (χ1n) is 17.6. The van der Waals surface area contributed by atoms with Gasteiger partial charge in [-0.2, -0.15) is 0 Å². The second kappa shape index (κ2) is 74.6. The second-order valence-corrected chi connectivity index (χ2v) is 79.5. The van der Waals surface area contributed by atoms with Crippen LogP contribution >= 0.6 is 232 Å². The van der Waals surface area contributed by atoms with Crippen LogP contribution in [0.3, 0.4) is 0 Å². The van der Waals surface area contributed by atoms with Gasteiger partial charge in [-0.1, -0.05) is 200 Å². The molecule has 0 aliphatic heterocycles. The number of hydrogen-bond donors (Lipinski definition) is 0. The number of unbranched alkanes of at least 4 members (excludes halogenated alkanes) is 3. The summed E-state index contributed by atoms with van der Waals surface area (Å²) in [4.78, 5) is 0. The van der Waals surface area contributed by atoms with E-state index in [0.717, 1.165) is 55.7 Å². The molecule has 0 aromatic rings. The van der Waals surface area contributed by atoms with Crippen molar-refractivity contribution in [3.63, 3.8) is 0 Å². The lowest BCUT2D eigenvalue weighted by molar-refractivity contribution is 0.895. The first-order chi connectivity index (χ1) is 24.7. The van der Waals surface area contributed by atoms with E-state index in [-0.39, 0.29) is 0 Å². The van der Waals surface area contributed by atoms with Crippen LogP contribution in [0.25, 0.3) is 0 Å². The minimum absolute atomic E-state index is 0.323. The van der Waals surface area contributed by atoms with Gasteiger partial charge in [-0.15, -0.1) is 125 Å². The third-order valence-electron chi connectivity index (χ3n) is 5.28. The molecule has 28 heteroatoms. The Hall–Kier alpha value is 12.0. The summed E-state index contributed by atoms with van der Waals surface area (Å²) in [5, 5.41) is 0. The maximum Gasteiger partial charge on any atom is -0.0252 e. The highest BCUT2D eigenvalue weighted by Gasteiger charge is 1.96. The van der Waals surface area contributed by atoms with Crippen LogP contribution in [-0.2, 0) is 0 Å². The van der Waals surface area contributed by atoms with Crippen molar-refractivity contribution in [3.05, 3.63) is 0 Å². The van der Waals surface area contributed by atoms with E-state index in [1.165, 1.54) is 107 Å². The van der Waals surface area contributed by atoms with Crippen molar-refractivity contribution >= 4 is 232 Å². The molecule has 0 saturated carbocycles. The topological polar surface area (TPSA) is 0 Å². The van der Waals surface area contributed by atoms with Crippen molar-refractivity contribution < 1.29 is 0 Å². The van der Waals surface area contributed by atoms with Gasteiger partial charge in [-0.05, 0) is 62.4 Å². The lowest BCUT2D eigenvalue weighted by Gasteiger charge is -2.05. The Morgan fingerprint density at radius 3 is 0.462 bits per heavy atom. The summed E-state index contributed by atoms with van der Waals surface area (Å²) < 4.78 is 0. The molecule has 0 fully saturated rings. The van der Waals surface area contributed by atoms with Gasteiger partial charge in [0.15, 0.2) is 0 Å². The van der Waals surface area contributed by atoms with Crippen LogP contribution in [-0.4, -0.2) is 43.1 Å². The largest absolute Gasteiger partial charge is 0.110 e. The molecule has 0 aromatic heterocycles. The molecule has 0 bridgehead atoms. The second-order valence-electron chi connectivity index (χ2n) is 10.3. The SMILES string of the molecule is CCCCP(P)PP.CCCCP(P)PP.CCCCP(P)PP.CCCP(P)PP.CCCP(P)PP.CCCP(P)PP.CCCP(P)PP. The molecular formula is C24H90P28. The lowest BCUT2D eigenvalue weighted by Crippen LogP contribution is -1.71. The normalized spacial score (nSPS) is 15.6. The lowest BCUT2D eigenvalue weighted by atomic mass is 10.4. The van der Waals surface area contributed by atoms with Crippen LogP contribution < -0.4 is 0 Å². The quantitative estimate of drug-likeness (QED) is 0.0845. The molecule has 0 aliphatic carbocycles. The molecule has 0 saturated heterocycles. The molecule has 0 N–H and O–H groups in total. The van der Waals surface area contributed by atoms with Crippen molar-refractivity contribution in [2.75, 3.05) is 43.1 Å². The van der Waals surface area contributed by atoms with Gasteiger partial charge in [0, 0.05) is 0 Å². The first-order valence-corrected chi connectivity index (χ1v) is 65.1. The Kier molecular flexibility index (Phi) is 112. The monoisotopic (exact) mass is 1250 g/mol.